The normalized spacial score (nSPS) is 14.2. The summed E-state index contributed by atoms with van der Waals surface area (Å²) in [6.45, 7) is 3.92. The third-order valence-corrected chi connectivity index (χ3v) is 3.15. The molecule has 20 heavy (non-hydrogen) atoms. The summed E-state index contributed by atoms with van der Waals surface area (Å²) in [5, 5.41) is 0. The van der Waals surface area contributed by atoms with E-state index in [1.807, 2.05) is 13.8 Å². The van der Waals surface area contributed by atoms with Gasteiger partial charge in [0.25, 0.3) is 0 Å². The first-order valence-corrected chi connectivity index (χ1v) is 6.29. The topological polar surface area (TPSA) is 44.5 Å². The fourth-order valence-electron chi connectivity index (χ4n) is 1.69. The highest BCUT2D eigenvalue weighted by Gasteiger charge is 2.31. The van der Waals surface area contributed by atoms with Crippen molar-refractivity contribution in [2.45, 2.75) is 44.7 Å². The molecule has 0 amide bonds. The summed E-state index contributed by atoms with van der Waals surface area (Å²) >= 11 is 0. The molecule has 0 aliphatic carbocycles. The Bertz CT molecular complexity index is 415. The van der Waals surface area contributed by atoms with Gasteiger partial charge in [-0.05, 0) is 44.4 Å². The van der Waals surface area contributed by atoms with Crippen molar-refractivity contribution in [1.29, 1.82) is 0 Å². The lowest BCUT2D eigenvalue weighted by Gasteiger charge is -2.24. The zero-order valence-corrected chi connectivity index (χ0v) is 11.8. The Balaban J connectivity index is 2.60. The van der Waals surface area contributed by atoms with Crippen LogP contribution in [0.5, 0.6) is 5.75 Å². The minimum absolute atomic E-state index is 0.245. The molecule has 1 atom stereocenters. The number of ether oxygens (including phenoxy) is 2. The lowest BCUT2D eigenvalue weighted by molar-refractivity contribution is -0.274. The molecule has 0 aliphatic rings. The van der Waals surface area contributed by atoms with Crippen molar-refractivity contribution in [2.24, 2.45) is 5.73 Å². The quantitative estimate of drug-likeness (QED) is 0.867. The lowest BCUT2D eigenvalue weighted by atomic mass is 9.95. The van der Waals surface area contributed by atoms with Crippen LogP contribution in [0, 0.1) is 0 Å². The summed E-state index contributed by atoms with van der Waals surface area (Å²) in [6.07, 6.45) is -3.24. The van der Waals surface area contributed by atoms with Gasteiger partial charge in [-0.2, -0.15) is 0 Å². The molecule has 3 nitrogen and oxygen atoms in total. The van der Waals surface area contributed by atoms with Crippen LogP contribution in [0.1, 0.15) is 38.3 Å². The van der Waals surface area contributed by atoms with Crippen LogP contribution >= 0.6 is 0 Å². The van der Waals surface area contributed by atoms with Crippen LogP contribution in [0.2, 0.25) is 0 Å². The van der Waals surface area contributed by atoms with E-state index in [1.54, 1.807) is 19.2 Å². The predicted molar refractivity (Wildman–Crippen MR) is 70.4 cm³/mol. The first-order valence-electron chi connectivity index (χ1n) is 6.29. The van der Waals surface area contributed by atoms with E-state index in [4.69, 9.17) is 10.5 Å². The van der Waals surface area contributed by atoms with E-state index >= 15 is 0 Å². The molecule has 0 aliphatic heterocycles. The highest BCUT2D eigenvalue weighted by atomic mass is 19.4. The van der Waals surface area contributed by atoms with Crippen LogP contribution in [0.4, 0.5) is 13.2 Å². The number of hydrogen-bond donors (Lipinski definition) is 1. The van der Waals surface area contributed by atoms with E-state index in [2.05, 4.69) is 4.74 Å². The molecule has 0 fully saturated rings. The van der Waals surface area contributed by atoms with Gasteiger partial charge in [0.1, 0.15) is 5.75 Å². The van der Waals surface area contributed by atoms with E-state index in [0.717, 1.165) is 12.0 Å². The molecule has 0 saturated heterocycles. The molecule has 0 bridgehead atoms. The van der Waals surface area contributed by atoms with Crippen molar-refractivity contribution in [1.82, 2.24) is 0 Å². The minimum atomic E-state index is -4.67. The van der Waals surface area contributed by atoms with Gasteiger partial charge in [0.2, 0.25) is 0 Å². The van der Waals surface area contributed by atoms with Crippen LogP contribution < -0.4 is 10.5 Å². The van der Waals surface area contributed by atoms with Gasteiger partial charge in [0.05, 0.1) is 5.60 Å². The minimum Gasteiger partial charge on any atom is -0.406 e. The van der Waals surface area contributed by atoms with Gasteiger partial charge in [-0.3, -0.25) is 0 Å². The van der Waals surface area contributed by atoms with Gasteiger partial charge >= 0.3 is 6.36 Å². The highest BCUT2D eigenvalue weighted by Crippen LogP contribution is 2.26. The number of alkyl halides is 3. The number of nitrogens with two attached hydrogens (primary N) is 1. The Morgan fingerprint density at radius 3 is 2.15 bits per heavy atom. The first kappa shape index (κ1) is 16.8. The molecular formula is C14H20F3NO2. The van der Waals surface area contributed by atoms with Gasteiger partial charge < -0.3 is 15.2 Å². The van der Waals surface area contributed by atoms with Crippen LogP contribution in [0.15, 0.2) is 24.3 Å². The number of benzene rings is 1. The summed E-state index contributed by atoms with van der Waals surface area (Å²) in [4.78, 5) is 0. The summed E-state index contributed by atoms with van der Waals surface area (Å²) in [7, 11) is 1.63. The number of rotatable bonds is 6. The van der Waals surface area contributed by atoms with Gasteiger partial charge in [0.15, 0.2) is 0 Å². The molecule has 1 rings (SSSR count). The molecule has 0 spiro atoms. The van der Waals surface area contributed by atoms with Crippen LogP contribution in [-0.2, 0) is 4.74 Å². The molecule has 6 heteroatoms. The number of hydrogen-bond acceptors (Lipinski definition) is 3. The highest BCUT2D eigenvalue weighted by molar-refractivity contribution is 5.29. The first-order chi connectivity index (χ1) is 9.13. The van der Waals surface area contributed by atoms with Crippen molar-refractivity contribution in [3.63, 3.8) is 0 Å². The lowest BCUT2D eigenvalue weighted by Crippen LogP contribution is -2.24. The van der Waals surface area contributed by atoms with Crippen LogP contribution in [-0.4, -0.2) is 19.1 Å². The third-order valence-electron chi connectivity index (χ3n) is 3.15. The Labute approximate surface area is 116 Å². The van der Waals surface area contributed by atoms with Crippen molar-refractivity contribution in [3.8, 4) is 5.75 Å². The second kappa shape index (κ2) is 6.45. The summed E-state index contributed by atoms with van der Waals surface area (Å²) in [5.74, 6) is -0.245. The SMILES string of the molecule is COC(C)(C)CCC(N)c1ccc(OC(F)(F)F)cc1. The van der Waals surface area contributed by atoms with E-state index in [1.165, 1.54) is 12.1 Å². The van der Waals surface area contributed by atoms with Gasteiger partial charge in [-0.25, -0.2) is 0 Å². The maximum atomic E-state index is 12.0. The third kappa shape index (κ3) is 5.79. The Kier molecular flexibility index (Phi) is 5.42. The van der Waals surface area contributed by atoms with Crippen LogP contribution in [0.25, 0.3) is 0 Å². The molecule has 0 saturated carbocycles. The average Bonchev–Trinajstić information content (AvgIpc) is 2.35. The summed E-state index contributed by atoms with van der Waals surface area (Å²) in [6, 6.07) is 5.38. The maximum absolute atomic E-state index is 12.0. The van der Waals surface area contributed by atoms with E-state index in [-0.39, 0.29) is 17.4 Å². The second-order valence-corrected chi connectivity index (χ2v) is 5.23. The largest absolute Gasteiger partial charge is 0.573 e. The summed E-state index contributed by atoms with van der Waals surface area (Å²) in [5.41, 5.74) is 6.52. The summed E-state index contributed by atoms with van der Waals surface area (Å²) < 4.78 is 45.2. The molecule has 1 unspecified atom stereocenters. The molecule has 1 aromatic carbocycles. The Hall–Kier alpha value is -1.27. The molecule has 114 valence electrons. The fourth-order valence-corrected chi connectivity index (χ4v) is 1.69. The molecule has 0 radical (unpaired) electrons. The van der Waals surface area contributed by atoms with Gasteiger partial charge in [-0.15, -0.1) is 13.2 Å². The van der Waals surface area contributed by atoms with Crippen LogP contribution in [0.3, 0.4) is 0 Å². The predicted octanol–water partition coefficient (Wildman–Crippen LogP) is 3.79. The van der Waals surface area contributed by atoms with Gasteiger partial charge in [-0.1, -0.05) is 12.1 Å². The molecule has 1 aromatic rings. The van der Waals surface area contributed by atoms with Crippen molar-refractivity contribution in [2.75, 3.05) is 7.11 Å². The molecule has 0 aromatic heterocycles. The van der Waals surface area contributed by atoms with E-state index in [0.29, 0.717) is 6.42 Å². The zero-order valence-electron chi connectivity index (χ0n) is 11.8. The van der Waals surface area contributed by atoms with E-state index in [9.17, 15) is 13.2 Å². The fraction of sp³-hybridized carbons (Fsp3) is 0.571. The molecular weight excluding hydrogens is 271 g/mol. The van der Waals surface area contributed by atoms with Crippen molar-refractivity contribution >= 4 is 0 Å². The number of halogens is 3. The maximum Gasteiger partial charge on any atom is 0.573 e. The van der Waals surface area contributed by atoms with Gasteiger partial charge in [0, 0.05) is 13.2 Å². The average molecular weight is 291 g/mol. The smallest absolute Gasteiger partial charge is 0.406 e. The van der Waals surface area contributed by atoms with E-state index < -0.39 is 6.36 Å². The Morgan fingerprint density at radius 2 is 1.70 bits per heavy atom. The zero-order chi connectivity index (χ0) is 15.4. The standard InChI is InChI=1S/C14H20F3NO2/c1-13(2,19-3)9-8-12(18)10-4-6-11(7-5-10)20-14(15,16)17/h4-7,12H,8-9,18H2,1-3H3. The molecule has 0 heterocycles. The second-order valence-electron chi connectivity index (χ2n) is 5.23. The van der Waals surface area contributed by atoms with Crippen molar-refractivity contribution < 1.29 is 22.6 Å². The monoisotopic (exact) mass is 291 g/mol. The number of methoxy groups -OCH3 is 1. The Morgan fingerprint density at radius 1 is 1.15 bits per heavy atom. The van der Waals surface area contributed by atoms with Crippen molar-refractivity contribution in [3.05, 3.63) is 29.8 Å². The molecule has 2 N–H and O–H groups in total.